The van der Waals surface area contributed by atoms with E-state index >= 15 is 0 Å². The standard InChI is InChI=1S/C17H22ClF3N4O3/c1-11(2)9-22-16(26)10-23-3-5-24(6-4-23)14-8-13(18)12(17(19,20)21)7-15(14)25(27)28/h7-8,11H,3-6,9-10H2,1-2H3,(H,22,26). The summed E-state index contributed by atoms with van der Waals surface area (Å²) >= 11 is 5.74. The molecule has 156 valence electrons. The molecular weight excluding hydrogens is 401 g/mol. The van der Waals surface area contributed by atoms with Gasteiger partial charge in [-0.25, -0.2) is 0 Å². The van der Waals surface area contributed by atoms with Gasteiger partial charge in [-0.15, -0.1) is 0 Å². The number of anilines is 1. The molecule has 1 N–H and O–H groups in total. The number of nitro groups is 1. The minimum absolute atomic E-state index is 0.0481. The van der Waals surface area contributed by atoms with Crippen LogP contribution in [0.3, 0.4) is 0 Å². The number of rotatable bonds is 6. The van der Waals surface area contributed by atoms with E-state index in [0.29, 0.717) is 44.7 Å². The molecule has 0 radical (unpaired) electrons. The molecule has 1 amide bonds. The van der Waals surface area contributed by atoms with Crippen molar-refractivity contribution in [3.63, 3.8) is 0 Å². The Labute approximate surface area is 165 Å². The van der Waals surface area contributed by atoms with Crippen molar-refractivity contribution in [1.29, 1.82) is 0 Å². The lowest BCUT2D eigenvalue weighted by Crippen LogP contribution is -2.49. The Morgan fingerprint density at radius 3 is 2.39 bits per heavy atom. The number of hydrogen-bond acceptors (Lipinski definition) is 5. The van der Waals surface area contributed by atoms with Gasteiger partial charge in [0.1, 0.15) is 5.69 Å². The van der Waals surface area contributed by atoms with E-state index in [1.807, 2.05) is 18.7 Å². The monoisotopic (exact) mass is 422 g/mol. The predicted molar refractivity (Wildman–Crippen MR) is 99.6 cm³/mol. The molecule has 1 aliphatic rings. The number of nitrogens with one attached hydrogen (secondary N) is 1. The molecule has 1 aromatic rings. The van der Waals surface area contributed by atoms with Crippen LogP contribution in [-0.2, 0) is 11.0 Å². The van der Waals surface area contributed by atoms with E-state index < -0.39 is 27.4 Å². The van der Waals surface area contributed by atoms with Gasteiger partial charge in [0.15, 0.2) is 0 Å². The van der Waals surface area contributed by atoms with Crippen LogP contribution in [0.5, 0.6) is 0 Å². The summed E-state index contributed by atoms with van der Waals surface area (Å²) in [5.41, 5.74) is -1.82. The van der Waals surface area contributed by atoms with Gasteiger partial charge in [0.05, 0.1) is 22.1 Å². The number of benzene rings is 1. The van der Waals surface area contributed by atoms with Crippen molar-refractivity contribution in [3.05, 3.63) is 32.8 Å². The van der Waals surface area contributed by atoms with Gasteiger partial charge in [-0.2, -0.15) is 13.2 Å². The molecule has 1 fully saturated rings. The topological polar surface area (TPSA) is 78.7 Å². The molecule has 0 saturated carbocycles. The fourth-order valence-corrected chi connectivity index (χ4v) is 3.16. The molecule has 0 bridgehead atoms. The molecule has 2 rings (SSSR count). The number of carbonyl (C=O) groups is 1. The quantitative estimate of drug-likeness (QED) is 0.562. The van der Waals surface area contributed by atoms with Crippen LogP contribution < -0.4 is 10.2 Å². The number of nitrogens with zero attached hydrogens (tertiary/aromatic N) is 3. The normalized spacial score (nSPS) is 15.8. The summed E-state index contributed by atoms with van der Waals surface area (Å²) in [6.45, 7) is 6.32. The first-order chi connectivity index (χ1) is 13.0. The zero-order chi connectivity index (χ0) is 21.1. The average molecular weight is 423 g/mol. The summed E-state index contributed by atoms with van der Waals surface area (Å²) < 4.78 is 39.0. The average Bonchev–Trinajstić information content (AvgIpc) is 2.59. The summed E-state index contributed by atoms with van der Waals surface area (Å²) in [4.78, 5) is 25.9. The first kappa shape index (κ1) is 22.2. The van der Waals surface area contributed by atoms with Crippen LogP contribution >= 0.6 is 11.6 Å². The molecule has 1 heterocycles. The van der Waals surface area contributed by atoms with Crippen molar-refractivity contribution in [2.24, 2.45) is 5.92 Å². The molecule has 0 aromatic heterocycles. The van der Waals surface area contributed by atoms with Gasteiger partial charge < -0.3 is 10.2 Å². The highest BCUT2D eigenvalue weighted by atomic mass is 35.5. The van der Waals surface area contributed by atoms with Gasteiger partial charge >= 0.3 is 6.18 Å². The van der Waals surface area contributed by atoms with Crippen LogP contribution in [0.4, 0.5) is 24.5 Å². The predicted octanol–water partition coefficient (Wildman–Crippen LogP) is 3.16. The lowest BCUT2D eigenvalue weighted by atomic mass is 10.1. The fraction of sp³-hybridized carbons (Fsp3) is 0.588. The van der Waals surface area contributed by atoms with Crippen LogP contribution in [0.25, 0.3) is 0 Å². The number of alkyl halides is 3. The number of hydrogen-bond donors (Lipinski definition) is 1. The Balaban J connectivity index is 2.08. The third-order valence-corrected chi connectivity index (χ3v) is 4.67. The number of amides is 1. The maximum Gasteiger partial charge on any atom is 0.418 e. The summed E-state index contributed by atoms with van der Waals surface area (Å²) in [5, 5.41) is 13.5. The van der Waals surface area contributed by atoms with Gasteiger partial charge in [-0.3, -0.25) is 19.8 Å². The number of carbonyl (C=O) groups excluding carboxylic acids is 1. The van der Waals surface area contributed by atoms with E-state index in [4.69, 9.17) is 11.6 Å². The summed E-state index contributed by atoms with van der Waals surface area (Å²) in [5.74, 6) is 0.233. The van der Waals surface area contributed by atoms with Crippen LogP contribution in [0, 0.1) is 16.0 Å². The zero-order valence-electron chi connectivity index (χ0n) is 15.6. The van der Waals surface area contributed by atoms with E-state index in [9.17, 15) is 28.1 Å². The zero-order valence-corrected chi connectivity index (χ0v) is 16.3. The molecule has 7 nitrogen and oxygen atoms in total. The molecule has 0 unspecified atom stereocenters. The van der Waals surface area contributed by atoms with Crippen molar-refractivity contribution in [1.82, 2.24) is 10.2 Å². The first-order valence-electron chi connectivity index (χ1n) is 8.78. The third-order valence-electron chi connectivity index (χ3n) is 4.35. The summed E-state index contributed by atoms with van der Waals surface area (Å²) in [7, 11) is 0. The van der Waals surface area contributed by atoms with Gasteiger partial charge in [0, 0.05) is 38.8 Å². The summed E-state index contributed by atoms with van der Waals surface area (Å²) in [6.07, 6.45) is -4.78. The van der Waals surface area contributed by atoms with Crippen LogP contribution in [-0.4, -0.2) is 55.0 Å². The lowest BCUT2D eigenvalue weighted by molar-refractivity contribution is -0.384. The number of piperazine rings is 1. The Kier molecular flexibility index (Phi) is 7.11. The van der Waals surface area contributed by atoms with Gasteiger partial charge in [0.2, 0.25) is 5.91 Å². The Morgan fingerprint density at radius 2 is 1.89 bits per heavy atom. The molecule has 0 atom stereocenters. The molecule has 1 aromatic carbocycles. The Bertz CT molecular complexity index is 735. The smallest absolute Gasteiger partial charge is 0.363 e. The van der Waals surface area contributed by atoms with E-state index in [1.54, 1.807) is 4.90 Å². The molecule has 11 heteroatoms. The summed E-state index contributed by atoms with van der Waals surface area (Å²) in [6, 6.07) is 1.47. The van der Waals surface area contributed by atoms with E-state index in [2.05, 4.69) is 5.32 Å². The van der Waals surface area contributed by atoms with Crippen LogP contribution in [0.15, 0.2) is 12.1 Å². The Morgan fingerprint density at radius 1 is 1.29 bits per heavy atom. The van der Waals surface area contributed by atoms with E-state index in [1.165, 1.54) is 0 Å². The van der Waals surface area contributed by atoms with Crippen LogP contribution in [0.2, 0.25) is 5.02 Å². The molecule has 1 aliphatic heterocycles. The van der Waals surface area contributed by atoms with Crippen molar-refractivity contribution in [3.8, 4) is 0 Å². The second kappa shape index (κ2) is 8.95. The molecule has 0 spiro atoms. The first-order valence-corrected chi connectivity index (χ1v) is 9.16. The SMILES string of the molecule is CC(C)CNC(=O)CN1CCN(c2cc(Cl)c(C(F)(F)F)cc2[N+](=O)[O-])CC1. The van der Waals surface area contributed by atoms with Gasteiger partial charge in [-0.05, 0) is 12.0 Å². The van der Waals surface area contributed by atoms with E-state index in [0.717, 1.165) is 6.07 Å². The second-order valence-electron chi connectivity index (χ2n) is 7.04. The number of halogens is 4. The third kappa shape index (κ3) is 5.71. The van der Waals surface area contributed by atoms with Gasteiger partial charge in [0.25, 0.3) is 5.69 Å². The fourth-order valence-electron chi connectivity index (χ4n) is 2.89. The molecular formula is C17H22ClF3N4O3. The largest absolute Gasteiger partial charge is 0.418 e. The highest BCUT2D eigenvalue weighted by molar-refractivity contribution is 6.31. The molecule has 0 aliphatic carbocycles. The highest BCUT2D eigenvalue weighted by Gasteiger charge is 2.37. The van der Waals surface area contributed by atoms with Crippen molar-refractivity contribution in [2.75, 3.05) is 44.2 Å². The minimum Gasteiger partial charge on any atom is -0.363 e. The Hall–Kier alpha value is -2.07. The van der Waals surface area contributed by atoms with Crippen molar-refractivity contribution >= 4 is 28.9 Å². The maximum atomic E-state index is 13.0. The number of nitro benzene ring substituents is 1. The highest BCUT2D eigenvalue weighted by Crippen LogP contribution is 2.41. The lowest BCUT2D eigenvalue weighted by Gasteiger charge is -2.35. The van der Waals surface area contributed by atoms with Crippen LogP contribution in [0.1, 0.15) is 19.4 Å². The van der Waals surface area contributed by atoms with Crippen molar-refractivity contribution < 1.29 is 22.9 Å². The second-order valence-corrected chi connectivity index (χ2v) is 7.44. The van der Waals surface area contributed by atoms with Gasteiger partial charge in [-0.1, -0.05) is 25.4 Å². The van der Waals surface area contributed by atoms with Crippen molar-refractivity contribution in [2.45, 2.75) is 20.0 Å². The molecule has 1 saturated heterocycles. The van der Waals surface area contributed by atoms with E-state index in [-0.39, 0.29) is 18.1 Å². The minimum atomic E-state index is -4.78. The molecule has 28 heavy (non-hydrogen) atoms. The maximum absolute atomic E-state index is 13.0.